The van der Waals surface area contributed by atoms with E-state index in [2.05, 4.69) is 5.32 Å². The van der Waals surface area contributed by atoms with E-state index in [0.717, 1.165) is 5.56 Å². The number of benzene rings is 2. The van der Waals surface area contributed by atoms with Crippen LogP contribution < -0.4 is 5.32 Å². The van der Waals surface area contributed by atoms with E-state index in [9.17, 15) is 24.1 Å². The van der Waals surface area contributed by atoms with Crippen molar-refractivity contribution in [2.24, 2.45) is 0 Å². The second-order valence-electron chi connectivity index (χ2n) is 6.25. The summed E-state index contributed by atoms with van der Waals surface area (Å²) in [6, 6.07) is 11.4. The Hall–Kier alpha value is -3.13. The molecule has 0 aliphatic heterocycles. The lowest BCUT2D eigenvalue weighted by molar-refractivity contribution is -0.384. The summed E-state index contributed by atoms with van der Waals surface area (Å²) in [5, 5.41) is 13.4. The minimum Gasteiger partial charge on any atom is -0.351 e. The fourth-order valence-corrected chi connectivity index (χ4v) is 2.58. The van der Waals surface area contributed by atoms with Gasteiger partial charge in [0.25, 0.3) is 5.69 Å². The van der Waals surface area contributed by atoms with Crippen LogP contribution in [0.5, 0.6) is 0 Å². The summed E-state index contributed by atoms with van der Waals surface area (Å²) in [6.07, 6.45) is 0.205. The van der Waals surface area contributed by atoms with E-state index in [-0.39, 0.29) is 36.2 Å². The fraction of sp³-hybridized carbons (Fsp3) is 0.300. The molecule has 0 aliphatic rings. The standard InChI is InChI=1S/C20H22FN3O4/c1-2-23(14-20(26)22-13-15-3-7-17(21)8-4-15)12-11-19(25)16-5-9-18(10-6-16)24(27)28/h3-10H,2,11-14H2,1H3,(H,22,26). The third-order valence-electron chi connectivity index (χ3n) is 4.27. The van der Waals surface area contributed by atoms with E-state index < -0.39 is 4.92 Å². The third-order valence-corrected chi connectivity index (χ3v) is 4.27. The number of hydrogen-bond donors (Lipinski definition) is 1. The number of ketones is 1. The smallest absolute Gasteiger partial charge is 0.269 e. The number of carbonyl (C=O) groups is 2. The normalized spacial score (nSPS) is 10.7. The number of non-ortho nitro benzene ring substituents is 1. The van der Waals surface area contributed by atoms with Crippen LogP contribution in [0, 0.1) is 15.9 Å². The number of nitro benzene ring substituents is 1. The predicted molar refractivity (Wildman–Crippen MR) is 102 cm³/mol. The lowest BCUT2D eigenvalue weighted by Crippen LogP contribution is -2.37. The molecule has 0 radical (unpaired) electrons. The topological polar surface area (TPSA) is 92.6 Å². The third kappa shape index (κ3) is 6.55. The highest BCUT2D eigenvalue weighted by Gasteiger charge is 2.13. The Kier molecular flexibility index (Phi) is 7.76. The molecular weight excluding hydrogens is 365 g/mol. The molecule has 8 heteroatoms. The first kappa shape index (κ1) is 21.2. The van der Waals surface area contributed by atoms with Crippen molar-refractivity contribution in [2.75, 3.05) is 19.6 Å². The summed E-state index contributed by atoms with van der Waals surface area (Å²) in [6.45, 7) is 3.33. The van der Waals surface area contributed by atoms with Crippen LogP contribution in [0.15, 0.2) is 48.5 Å². The number of nitro groups is 1. The highest BCUT2D eigenvalue weighted by Crippen LogP contribution is 2.13. The van der Waals surface area contributed by atoms with Crippen molar-refractivity contribution in [2.45, 2.75) is 19.9 Å². The number of likely N-dealkylation sites (N-methyl/N-ethyl adjacent to an activating group) is 1. The SMILES string of the molecule is CCN(CCC(=O)c1ccc([N+](=O)[O-])cc1)CC(=O)NCc1ccc(F)cc1. The fourth-order valence-electron chi connectivity index (χ4n) is 2.58. The maximum absolute atomic E-state index is 12.9. The van der Waals surface area contributed by atoms with Gasteiger partial charge in [0.05, 0.1) is 11.5 Å². The first-order valence-electron chi connectivity index (χ1n) is 8.90. The molecule has 7 nitrogen and oxygen atoms in total. The highest BCUT2D eigenvalue weighted by molar-refractivity contribution is 5.96. The molecule has 0 spiro atoms. The van der Waals surface area contributed by atoms with Crippen molar-refractivity contribution in [1.29, 1.82) is 0 Å². The molecule has 0 bridgehead atoms. The Balaban J connectivity index is 1.79. The Labute approximate surface area is 162 Å². The van der Waals surface area contributed by atoms with Crippen molar-refractivity contribution in [3.05, 3.63) is 75.6 Å². The number of nitrogens with one attached hydrogen (secondary N) is 1. The average Bonchev–Trinajstić information content (AvgIpc) is 2.70. The lowest BCUT2D eigenvalue weighted by atomic mass is 10.1. The van der Waals surface area contributed by atoms with Crippen LogP contribution in [0.3, 0.4) is 0 Å². The van der Waals surface area contributed by atoms with E-state index in [1.165, 1.54) is 36.4 Å². The first-order valence-corrected chi connectivity index (χ1v) is 8.90. The molecule has 0 unspecified atom stereocenters. The van der Waals surface area contributed by atoms with Gasteiger partial charge in [-0.25, -0.2) is 4.39 Å². The van der Waals surface area contributed by atoms with Gasteiger partial charge in [-0.2, -0.15) is 0 Å². The molecule has 0 saturated heterocycles. The minimum atomic E-state index is -0.516. The molecule has 0 aliphatic carbocycles. The van der Waals surface area contributed by atoms with Crippen molar-refractivity contribution in [3.63, 3.8) is 0 Å². The summed E-state index contributed by atoms with van der Waals surface area (Å²) in [7, 11) is 0. The van der Waals surface area contributed by atoms with Crippen LogP contribution in [0.4, 0.5) is 10.1 Å². The van der Waals surface area contributed by atoms with Gasteiger partial charge in [-0.3, -0.25) is 24.6 Å². The molecule has 2 rings (SSSR count). The number of halogens is 1. The Morgan fingerprint density at radius 2 is 1.75 bits per heavy atom. The lowest BCUT2D eigenvalue weighted by Gasteiger charge is -2.19. The molecule has 2 aromatic carbocycles. The zero-order valence-electron chi connectivity index (χ0n) is 15.6. The van der Waals surface area contributed by atoms with Crippen LogP contribution >= 0.6 is 0 Å². The molecule has 0 atom stereocenters. The van der Waals surface area contributed by atoms with Gasteiger partial charge in [0.2, 0.25) is 5.91 Å². The maximum Gasteiger partial charge on any atom is 0.269 e. The number of amides is 1. The van der Waals surface area contributed by atoms with Crippen molar-refractivity contribution >= 4 is 17.4 Å². The second kappa shape index (κ2) is 10.3. The van der Waals surface area contributed by atoms with E-state index >= 15 is 0 Å². The monoisotopic (exact) mass is 387 g/mol. The van der Waals surface area contributed by atoms with E-state index in [1.807, 2.05) is 11.8 Å². The molecule has 28 heavy (non-hydrogen) atoms. The van der Waals surface area contributed by atoms with Crippen LogP contribution in [0.25, 0.3) is 0 Å². The molecule has 0 fully saturated rings. The number of hydrogen-bond acceptors (Lipinski definition) is 5. The van der Waals surface area contributed by atoms with Crippen LogP contribution in [-0.4, -0.2) is 41.1 Å². The van der Waals surface area contributed by atoms with E-state index in [4.69, 9.17) is 0 Å². The van der Waals surface area contributed by atoms with Gasteiger partial charge in [-0.05, 0) is 36.4 Å². The zero-order valence-corrected chi connectivity index (χ0v) is 15.6. The molecule has 0 heterocycles. The van der Waals surface area contributed by atoms with Crippen LogP contribution in [0.2, 0.25) is 0 Å². The largest absolute Gasteiger partial charge is 0.351 e. The molecule has 148 valence electrons. The molecule has 1 N–H and O–H groups in total. The number of Topliss-reactive ketones (excluding diaryl/α,β-unsaturated/α-hetero) is 1. The van der Waals surface area contributed by atoms with Gasteiger partial charge in [0.15, 0.2) is 5.78 Å². The molecule has 1 amide bonds. The highest BCUT2D eigenvalue weighted by atomic mass is 19.1. The van der Waals surface area contributed by atoms with Gasteiger partial charge in [-0.1, -0.05) is 19.1 Å². The van der Waals surface area contributed by atoms with Crippen LogP contribution in [0.1, 0.15) is 29.3 Å². The summed E-state index contributed by atoms with van der Waals surface area (Å²) in [5.74, 6) is -0.654. The second-order valence-corrected chi connectivity index (χ2v) is 6.25. The Morgan fingerprint density at radius 1 is 1.11 bits per heavy atom. The zero-order chi connectivity index (χ0) is 20.5. The quantitative estimate of drug-likeness (QED) is 0.384. The molecule has 2 aromatic rings. The number of carbonyl (C=O) groups excluding carboxylic acids is 2. The maximum atomic E-state index is 12.9. The van der Waals surface area contributed by atoms with E-state index in [1.54, 1.807) is 12.1 Å². The van der Waals surface area contributed by atoms with Crippen molar-refractivity contribution in [3.8, 4) is 0 Å². The summed E-state index contributed by atoms with van der Waals surface area (Å²) in [5.41, 5.74) is 1.14. The van der Waals surface area contributed by atoms with E-state index in [0.29, 0.717) is 25.2 Å². The molecule has 0 aromatic heterocycles. The first-order chi connectivity index (χ1) is 13.4. The van der Waals surface area contributed by atoms with Gasteiger partial charge in [-0.15, -0.1) is 0 Å². The Morgan fingerprint density at radius 3 is 2.32 bits per heavy atom. The number of nitrogens with zero attached hydrogens (tertiary/aromatic N) is 2. The number of rotatable bonds is 10. The van der Waals surface area contributed by atoms with Crippen LogP contribution in [-0.2, 0) is 11.3 Å². The van der Waals surface area contributed by atoms with Crippen molar-refractivity contribution < 1.29 is 18.9 Å². The average molecular weight is 387 g/mol. The van der Waals surface area contributed by atoms with Gasteiger partial charge >= 0.3 is 0 Å². The molecule has 0 saturated carbocycles. The van der Waals surface area contributed by atoms with Crippen molar-refractivity contribution in [1.82, 2.24) is 10.2 Å². The van der Waals surface area contributed by atoms with Gasteiger partial charge in [0.1, 0.15) is 5.82 Å². The summed E-state index contributed by atoms with van der Waals surface area (Å²) < 4.78 is 12.9. The summed E-state index contributed by atoms with van der Waals surface area (Å²) in [4.78, 5) is 36.3. The van der Waals surface area contributed by atoms with Gasteiger partial charge < -0.3 is 5.32 Å². The minimum absolute atomic E-state index is 0.0652. The molecular formula is C20H22FN3O4. The Bertz CT molecular complexity index is 822. The predicted octanol–water partition coefficient (Wildman–Crippen LogP) is 2.95. The summed E-state index contributed by atoms with van der Waals surface area (Å²) >= 11 is 0. The van der Waals surface area contributed by atoms with Gasteiger partial charge in [0, 0.05) is 37.2 Å².